The summed E-state index contributed by atoms with van der Waals surface area (Å²) in [5.41, 5.74) is 0.707. The molecular formula is C16H20N2O4S. The molecule has 2 amide bonds. The maximum Gasteiger partial charge on any atom is 0.309 e. The third kappa shape index (κ3) is 4.94. The summed E-state index contributed by atoms with van der Waals surface area (Å²) < 4.78 is 5.36. The Bertz CT molecular complexity index is 664. The van der Waals surface area contributed by atoms with Crippen molar-refractivity contribution in [2.75, 3.05) is 6.54 Å². The van der Waals surface area contributed by atoms with Gasteiger partial charge in [-0.25, -0.2) is 0 Å². The zero-order chi connectivity index (χ0) is 16.8. The molecule has 0 aromatic carbocycles. The van der Waals surface area contributed by atoms with Gasteiger partial charge in [0.15, 0.2) is 0 Å². The van der Waals surface area contributed by atoms with E-state index < -0.39 is 17.9 Å². The third-order valence-corrected chi connectivity index (χ3v) is 4.23. The maximum atomic E-state index is 11.7. The summed E-state index contributed by atoms with van der Waals surface area (Å²) in [6.07, 6.45) is -0.425. The van der Waals surface area contributed by atoms with Crippen LogP contribution in [-0.2, 0) is 16.1 Å². The van der Waals surface area contributed by atoms with Crippen molar-refractivity contribution in [3.05, 3.63) is 45.5 Å². The second kappa shape index (κ2) is 7.94. The quantitative estimate of drug-likeness (QED) is 0.702. The molecule has 6 nitrogen and oxygen atoms in total. The number of aryl methyl sites for hydroxylation is 2. The summed E-state index contributed by atoms with van der Waals surface area (Å²) in [5, 5.41) is 17.0. The molecule has 0 saturated carbocycles. The van der Waals surface area contributed by atoms with Gasteiger partial charge < -0.3 is 20.2 Å². The molecule has 23 heavy (non-hydrogen) atoms. The molecule has 0 unspecified atom stereocenters. The van der Waals surface area contributed by atoms with Gasteiger partial charge in [-0.15, -0.1) is 11.3 Å². The number of hydrogen-bond donors (Lipinski definition) is 3. The molecule has 0 fully saturated rings. The molecule has 1 atom stereocenters. The van der Waals surface area contributed by atoms with Gasteiger partial charge in [0.2, 0.25) is 0 Å². The van der Waals surface area contributed by atoms with Crippen LogP contribution in [0.3, 0.4) is 0 Å². The van der Waals surface area contributed by atoms with Gasteiger partial charge in [0.1, 0.15) is 11.5 Å². The van der Waals surface area contributed by atoms with Gasteiger partial charge in [-0.2, -0.15) is 0 Å². The Balaban J connectivity index is 1.71. The summed E-state index contributed by atoms with van der Waals surface area (Å²) in [6.45, 7) is 4.13. The van der Waals surface area contributed by atoms with Gasteiger partial charge in [-0.1, -0.05) is 6.07 Å². The molecule has 3 N–H and O–H groups in total. The number of amides is 2. The van der Waals surface area contributed by atoms with Crippen molar-refractivity contribution in [3.63, 3.8) is 0 Å². The first-order valence-electron chi connectivity index (χ1n) is 7.30. The number of carbonyl (C=O) groups excluding carboxylic acids is 2. The van der Waals surface area contributed by atoms with Crippen LogP contribution in [0.1, 0.15) is 34.5 Å². The Labute approximate surface area is 138 Å². The van der Waals surface area contributed by atoms with E-state index in [1.165, 1.54) is 11.3 Å². The Kier molecular flexibility index (Phi) is 5.95. The van der Waals surface area contributed by atoms with Crippen molar-refractivity contribution >= 4 is 23.2 Å². The van der Waals surface area contributed by atoms with E-state index in [4.69, 9.17) is 4.42 Å². The zero-order valence-corrected chi connectivity index (χ0v) is 13.9. The van der Waals surface area contributed by atoms with E-state index in [0.29, 0.717) is 24.3 Å². The molecule has 0 aliphatic carbocycles. The summed E-state index contributed by atoms with van der Waals surface area (Å²) in [4.78, 5) is 24.3. The second-order valence-electron chi connectivity index (χ2n) is 5.19. The van der Waals surface area contributed by atoms with Crippen LogP contribution < -0.4 is 10.6 Å². The number of aliphatic hydroxyl groups excluding tert-OH is 1. The number of hydrogen-bond acceptors (Lipinski definition) is 5. The highest BCUT2D eigenvalue weighted by molar-refractivity contribution is 7.09. The van der Waals surface area contributed by atoms with Crippen LogP contribution in [0.15, 0.2) is 28.0 Å². The molecule has 124 valence electrons. The lowest BCUT2D eigenvalue weighted by molar-refractivity contribution is -0.139. The molecule has 2 aromatic heterocycles. The minimum Gasteiger partial charge on any atom is -0.466 e. The van der Waals surface area contributed by atoms with Crippen molar-refractivity contribution in [3.8, 4) is 0 Å². The van der Waals surface area contributed by atoms with E-state index in [2.05, 4.69) is 10.6 Å². The van der Waals surface area contributed by atoms with E-state index in [1.807, 2.05) is 24.4 Å². The predicted octanol–water partition coefficient (Wildman–Crippen LogP) is 1.81. The van der Waals surface area contributed by atoms with Crippen molar-refractivity contribution in [2.24, 2.45) is 0 Å². The van der Waals surface area contributed by atoms with E-state index >= 15 is 0 Å². The molecule has 0 aliphatic heterocycles. The van der Waals surface area contributed by atoms with Crippen LogP contribution in [0.2, 0.25) is 0 Å². The van der Waals surface area contributed by atoms with Gasteiger partial charge >= 0.3 is 11.8 Å². The Morgan fingerprint density at radius 3 is 2.65 bits per heavy atom. The van der Waals surface area contributed by atoms with Crippen molar-refractivity contribution in [2.45, 2.75) is 32.9 Å². The summed E-state index contributed by atoms with van der Waals surface area (Å²) >= 11 is 1.51. The fourth-order valence-corrected chi connectivity index (χ4v) is 2.84. The van der Waals surface area contributed by atoms with Crippen LogP contribution in [0, 0.1) is 13.8 Å². The average molecular weight is 336 g/mol. The van der Waals surface area contributed by atoms with Crippen molar-refractivity contribution in [1.82, 2.24) is 10.6 Å². The Morgan fingerprint density at radius 2 is 2.04 bits per heavy atom. The third-order valence-electron chi connectivity index (χ3n) is 3.35. The summed E-state index contributed by atoms with van der Waals surface area (Å²) in [7, 11) is 0. The zero-order valence-electron chi connectivity index (χ0n) is 13.1. The van der Waals surface area contributed by atoms with Gasteiger partial charge in [-0.3, -0.25) is 9.59 Å². The van der Waals surface area contributed by atoms with Gasteiger partial charge in [-0.05, 0) is 37.8 Å². The van der Waals surface area contributed by atoms with E-state index in [1.54, 1.807) is 13.0 Å². The highest BCUT2D eigenvalue weighted by Crippen LogP contribution is 2.23. The number of aliphatic hydroxyl groups is 1. The molecule has 2 aromatic rings. The fourth-order valence-electron chi connectivity index (χ4n) is 2.20. The van der Waals surface area contributed by atoms with Crippen LogP contribution in [0.25, 0.3) is 0 Å². The topological polar surface area (TPSA) is 91.6 Å². The van der Waals surface area contributed by atoms with Gasteiger partial charge in [0.25, 0.3) is 0 Å². The number of rotatable bonds is 6. The molecule has 0 spiro atoms. The largest absolute Gasteiger partial charge is 0.466 e. The Morgan fingerprint density at radius 1 is 1.30 bits per heavy atom. The van der Waals surface area contributed by atoms with Crippen LogP contribution in [0.5, 0.6) is 0 Å². The van der Waals surface area contributed by atoms with E-state index in [-0.39, 0.29) is 6.54 Å². The summed E-state index contributed by atoms with van der Waals surface area (Å²) in [6, 6.07) is 5.54. The van der Waals surface area contributed by atoms with E-state index in [9.17, 15) is 14.7 Å². The standard InChI is InChI=1S/C16H20N2O4S/c1-10-8-13(11(2)22-10)14(19)5-6-17-15(20)16(21)18-9-12-4-3-7-23-12/h3-4,7-8,14,19H,5-6,9H2,1-2H3,(H,17,20)(H,18,21)/t14-/m0/s1. The number of furan rings is 1. The fraction of sp³-hybridized carbons (Fsp3) is 0.375. The molecule has 0 bridgehead atoms. The predicted molar refractivity (Wildman–Crippen MR) is 86.9 cm³/mol. The minimum absolute atomic E-state index is 0.204. The first-order chi connectivity index (χ1) is 11.0. The molecular weight excluding hydrogens is 316 g/mol. The SMILES string of the molecule is Cc1cc([C@@H](O)CCNC(=O)C(=O)NCc2cccs2)c(C)o1. The highest BCUT2D eigenvalue weighted by atomic mass is 32.1. The maximum absolute atomic E-state index is 11.7. The average Bonchev–Trinajstić information content (AvgIpc) is 3.13. The lowest BCUT2D eigenvalue weighted by atomic mass is 10.1. The Hall–Kier alpha value is -2.12. The number of nitrogens with one attached hydrogen (secondary N) is 2. The first kappa shape index (κ1) is 17.2. The molecule has 0 radical (unpaired) electrons. The second-order valence-corrected chi connectivity index (χ2v) is 6.22. The van der Waals surface area contributed by atoms with Gasteiger partial charge in [0.05, 0.1) is 12.6 Å². The molecule has 2 rings (SSSR count). The lowest BCUT2D eigenvalue weighted by Crippen LogP contribution is -2.40. The normalized spacial score (nSPS) is 12.0. The summed E-state index contributed by atoms with van der Waals surface area (Å²) in [5.74, 6) is 0.0145. The van der Waals surface area contributed by atoms with Crippen LogP contribution in [-0.4, -0.2) is 23.5 Å². The molecule has 0 aliphatic rings. The minimum atomic E-state index is -0.734. The smallest absolute Gasteiger partial charge is 0.309 e. The highest BCUT2D eigenvalue weighted by Gasteiger charge is 2.16. The first-order valence-corrected chi connectivity index (χ1v) is 8.18. The van der Waals surface area contributed by atoms with Crippen molar-refractivity contribution in [1.29, 1.82) is 0 Å². The monoisotopic (exact) mass is 336 g/mol. The number of thiophene rings is 1. The van der Waals surface area contributed by atoms with E-state index in [0.717, 1.165) is 10.6 Å². The molecule has 0 saturated heterocycles. The van der Waals surface area contributed by atoms with Gasteiger partial charge in [0, 0.05) is 17.0 Å². The number of carbonyl (C=O) groups is 2. The van der Waals surface area contributed by atoms with Crippen molar-refractivity contribution < 1.29 is 19.1 Å². The lowest BCUT2D eigenvalue weighted by Gasteiger charge is -2.10. The molecule has 2 heterocycles. The molecule has 7 heteroatoms. The van der Waals surface area contributed by atoms with Crippen LogP contribution >= 0.6 is 11.3 Å². The van der Waals surface area contributed by atoms with Crippen LogP contribution in [0.4, 0.5) is 0 Å².